The van der Waals surface area contributed by atoms with E-state index in [1.807, 2.05) is 50.2 Å². The predicted octanol–water partition coefficient (Wildman–Crippen LogP) is 3.01. The molecule has 0 aliphatic carbocycles. The Morgan fingerprint density at radius 2 is 2.07 bits per heavy atom. The van der Waals surface area contributed by atoms with Crippen molar-refractivity contribution in [2.45, 2.75) is 19.9 Å². The number of amides is 1. The number of nitrogens with zero attached hydrogens (tertiary/aromatic N) is 4. The first kappa shape index (κ1) is 19.4. The van der Waals surface area contributed by atoms with Crippen molar-refractivity contribution in [2.24, 2.45) is 0 Å². The van der Waals surface area contributed by atoms with Crippen molar-refractivity contribution in [1.29, 1.82) is 0 Å². The molecule has 2 N–H and O–H groups in total. The number of hydrogen-bond acceptors (Lipinski definition) is 7. The highest BCUT2D eigenvalue weighted by Crippen LogP contribution is 2.36. The molecule has 4 rings (SSSR count). The van der Waals surface area contributed by atoms with E-state index in [4.69, 9.17) is 9.47 Å². The Hall–Kier alpha value is -3.88. The maximum Gasteiger partial charge on any atom is 0.255 e. The zero-order chi connectivity index (χ0) is 21.1. The van der Waals surface area contributed by atoms with Gasteiger partial charge in [-0.2, -0.15) is 4.68 Å². The van der Waals surface area contributed by atoms with E-state index < -0.39 is 6.04 Å². The van der Waals surface area contributed by atoms with E-state index in [9.17, 15) is 4.79 Å². The minimum absolute atomic E-state index is 0.280. The Morgan fingerprint density at radius 1 is 1.23 bits per heavy atom. The second-order valence-electron chi connectivity index (χ2n) is 6.67. The van der Waals surface area contributed by atoms with Crippen molar-refractivity contribution in [1.82, 2.24) is 20.2 Å². The second kappa shape index (κ2) is 8.24. The summed E-state index contributed by atoms with van der Waals surface area (Å²) in [6, 6.07) is 14.3. The van der Waals surface area contributed by atoms with Gasteiger partial charge in [-0.3, -0.25) is 4.79 Å². The lowest BCUT2D eigenvalue weighted by Gasteiger charge is -2.28. The van der Waals surface area contributed by atoms with Crippen molar-refractivity contribution in [3.63, 3.8) is 0 Å². The number of hydrogen-bond donors (Lipinski definition) is 2. The lowest BCUT2D eigenvalue weighted by atomic mass is 9.94. The minimum Gasteiger partial charge on any atom is -0.495 e. The first-order valence-corrected chi connectivity index (χ1v) is 9.55. The second-order valence-corrected chi connectivity index (χ2v) is 6.67. The number of ether oxygens (including phenoxy) is 2. The lowest BCUT2D eigenvalue weighted by Crippen LogP contribution is -2.31. The van der Waals surface area contributed by atoms with E-state index in [1.165, 1.54) is 0 Å². The molecule has 1 aliphatic heterocycles. The van der Waals surface area contributed by atoms with Crippen LogP contribution in [0.4, 0.5) is 11.6 Å². The summed E-state index contributed by atoms with van der Waals surface area (Å²) in [6.07, 6.45) is 0. The Labute approximate surface area is 173 Å². The molecule has 1 unspecified atom stereocenters. The molecule has 9 nitrogen and oxygen atoms in total. The minimum atomic E-state index is -0.522. The van der Waals surface area contributed by atoms with Crippen molar-refractivity contribution >= 4 is 17.5 Å². The third-order valence-corrected chi connectivity index (χ3v) is 4.80. The van der Waals surface area contributed by atoms with Gasteiger partial charge in [-0.15, -0.1) is 0 Å². The molecule has 9 heteroatoms. The van der Waals surface area contributed by atoms with Crippen LogP contribution in [0.5, 0.6) is 11.5 Å². The van der Waals surface area contributed by atoms with Gasteiger partial charge in [0.25, 0.3) is 5.91 Å². The average molecular weight is 406 g/mol. The number of rotatable bonds is 6. The van der Waals surface area contributed by atoms with Crippen LogP contribution in [0.25, 0.3) is 0 Å². The molecule has 30 heavy (non-hydrogen) atoms. The standard InChI is InChI=1S/C21H22N6O3/c1-4-30-15-9-7-8-14(12-15)19-18(13(2)22-21-24-25-26-27(19)21)20(28)23-16-10-5-6-11-17(16)29-3/h5-12,19H,4H2,1-3H3,(H,23,28)(H,22,24,26). The summed E-state index contributed by atoms with van der Waals surface area (Å²) in [4.78, 5) is 13.4. The number of nitrogens with one attached hydrogen (secondary N) is 2. The van der Waals surface area contributed by atoms with Gasteiger partial charge in [0.05, 0.1) is 25.0 Å². The number of allylic oxidation sites excluding steroid dienone is 1. The Kier molecular flexibility index (Phi) is 5.34. The van der Waals surface area contributed by atoms with E-state index in [0.29, 0.717) is 41.0 Å². The van der Waals surface area contributed by atoms with Gasteiger partial charge in [0.1, 0.15) is 17.5 Å². The first-order valence-electron chi connectivity index (χ1n) is 9.55. The topological polar surface area (TPSA) is 103 Å². The van der Waals surface area contributed by atoms with Gasteiger partial charge in [-0.05, 0) is 54.1 Å². The summed E-state index contributed by atoms with van der Waals surface area (Å²) < 4.78 is 12.6. The molecule has 0 saturated heterocycles. The van der Waals surface area contributed by atoms with E-state index in [0.717, 1.165) is 5.56 Å². The molecule has 0 bridgehead atoms. The van der Waals surface area contributed by atoms with E-state index in [1.54, 1.807) is 23.9 Å². The van der Waals surface area contributed by atoms with Crippen molar-refractivity contribution < 1.29 is 14.3 Å². The number of tetrazole rings is 1. The fourth-order valence-corrected chi connectivity index (χ4v) is 3.49. The highest BCUT2D eigenvalue weighted by atomic mass is 16.5. The van der Waals surface area contributed by atoms with Crippen molar-refractivity contribution in [3.8, 4) is 11.5 Å². The van der Waals surface area contributed by atoms with Gasteiger partial charge in [-0.1, -0.05) is 29.4 Å². The van der Waals surface area contributed by atoms with Crippen LogP contribution in [0.15, 0.2) is 59.8 Å². The van der Waals surface area contributed by atoms with Gasteiger partial charge >= 0.3 is 0 Å². The van der Waals surface area contributed by atoms with Gasteiger partial charge in [0.2, 0.25) is 5.95 Å². The molecule has 0 radical (unpaired) electrons. The van der Waals surface area contributed by atoms with Crippen molar-refractivity contribution in [2.75, 3.05) is 24.4 Å². The summed E-state index contributed by atoms with van der Waals surface area (Å²) in [5, 5.41) is 18.0. The average Bonchev–Trinajstić information content (AvgIpc) is 3.21. The number of methoxy groups -OCH3 is 1. The van der Waals surface area contributed by atoms with E-state index >= 15 is 0 Å². The van der Waals surface area contributed by atoms with Gasteiger partial charge in [-0.25, -0.2) is 0 Å². The van der Waals surface area contributed by atoms with Crippen LogP contribution in [0.2, 0.25) is 0 Å². The van der Waals surface area contributed by atoms with Crippen LogP contribution in [0.1, 0.15) is 25.5 Å². The molecule has 1 amide bonds. The fourth-order valence-electron chi connectivity index (χ4n) is 3.49. The smallest absolute Gasteiger partial charge is 0.255 e. The molecule has 0 spiro atoms. The summed E-state index contributed by atoms with van der Waals surface area (Å²) in [5.74, 6) is 1.47. The largest absolute Gasteiger partial charge is 0.495 e. The highest BCUT2D eigenvalue weighted by molar-refractivity contribution is 6.06. The van der Waals surface area contributed by atoms with Gasteiger partial charge in [0.15, 0.2) is 0 Å². The quantitative estimate of drug-likeness (QED) is 0.649. The third kappa shape index (κ3) is 3.57. The monoisotopic (exact) mass is 406 g/mol. The molecule has 2 aromatic carbocycles. The number of aromatic nitrogens is 4. The Bertz CT molecular complexity index is 1110. The highest BCUT2D eigenvalue weighted by Gasteiger charge is 2.34. The van der Waals surface area contributed by atoms with Gasteiger partial charge in [0, 0.05) is 5.70 Å². The van der Waals surface area contributed by atoms with Crippen molar-refractivity contribution in [3.05, 3.63) is 65.4 Å². The van der Waals surface area contributed by atoms with Crippen LogP contribution in [-0.2, 0) is 4.79 Å². The number of anilines is 2. The van der Waals surface area contributed by atoms with Crippen LogP contribution >= 0.6 is 0 Å². The normalized spacial score (nSPS) is 15.2. The van der Waals surface area contributed by atoms with Crippen LogP contribution < -0.4 is 20.1 Å². The fraction of sp³-hybridized carbons (Fsp3) is 0.238. The molecule has 1 atom stereocenters. The first-order chi connectivity index (χ1) is 14.6. The Morgan fingerprint density at radius 3 is 2.87 bits per heavy atom. The molecule has 3 aromatic rings. The van der Waals surface area contributed by atoms with Gasteiger partial charge < -0.3 is 20.1 Å². The molecule has 1 aromatic heterocycles. The summed E-state index contributed by atoms with van der Waals surface area (Å²) >= 11 is 0. The summed E-state index contributed by atoms with van der Waals surface area (Å²) in [7, 11) is 1.56. The Balaban J connectivity index is 1.76. The molecule has 1 aliphatic rings. The maximum atomic E-state index is 13.4. The number of carbonyl (C=O) groups excluding carboxylic acids is 1. The third-order valence-electron chi connectivity index (χ3n) is 4.80. The number of benzene rings is 2. The maximum absolute atomic E-state index is 13.4. The summed E-state index contributed by atoms with van der Waals surface area (Å²) in [6.45, 7) is 4.29. The zero-order valence-electron chi connectivity index (χ0n) is 16.9. The zero-order valence-corrected chi connectivity index (χ0v) is 16.9. The van der Waals surface area contributed by atoms with Crippen LogP contribution in [0.3, 0.4) is 0 Å². The van der Waals surface area contributed by atoms with Crippen LogP contribution in [0, 0.1) is 0 Å². The number of carbonyl (C=O) groups is 1. The lowest BCUT2D eigenvalue weighted by molar-refractivity contribution is -0.113. The molecule has 2 heterocycles. The molecular weight excluding hydrogens is 384 g/mol. The molecular formula is C21H22N6O3. The molecule has 154 valence electrons. The van der Waals surface area contributed by atoms with E-state index in [2.05, 4.69) is 26.2 Å². The number of fused-ring (bicyclic) bond motifs is 1. The predicted molar refractivity (Wildman–Crippen MR) is 112 cm³/mol. The number of para-hydroxylation sites is 2. The molecule has 0 saturated carbocycles. The van der Waals surface area contributed by atoms with E-state index in [-0.39, 0.29) is 5.91 Å². The SMILES string of the molecule is CCOc1cccc(C2C(C(=O)Nc3ccccc3OC)=C(C)Nc3nnnn32)c1. The van der Waals surface area contributed by atoms with Crippen LogP contribution in [-0.4, -0.2) is 39.8 Å². The summed E-state index contributed by atoms with van der Waals surface area (Å²) in [5.41, 5.74) is 2.57. The molecule has 0 fully saturated rings.